The van der Waals surface area contributed by atoms with Gasteiger partial charge in [-0.15, -0.1) is 0 Å². The normalized spacial score (nSPS) is 13.1. The Morgan fingerprint density at radius 2 is 0.494 bits per heavy atom. The molecule has 1 atom stereocenters. The van der Waals surface area contributed by atoms with Crippen molar-refractivity contribution < 1.29 is 28.6 Å². The van der Waals surface area contributed by atoms with Gasteiger partial charge >= 0.3 is 17.9 Å². The summed E-state index contributed by atoms with van der Waals surface area (Å²) in [5.74, 6) is -1.11. The molecule has 1 unspecified atom stereocenters. The van der Waals surface area contributed by atoms with E-state index in [-0.39, 0.29) is 38.0 Å². The fourth-order valence-electron chi connectivity index (χ4n) is 9.02. The second-order valence-electron chi connectivity index (χ2n) is 22.0. The van der Waals surface area contributed by atoms with E-state index in [9.17, 15) is 14.4 Å². The summed E-state index contributed by atoms with van der Waals surface area (Å²) in [6.07, 6.45) is 102. The lowest BCUT2D eigenvalue weighted by atomic mass is 10.0. The third-order valence-corrected chi connectivity index (χ3v) is 14.0. The van der Waals surface area contributed by atoms with Gasteiger partial charge in [0.2, 0.25) is 0 Å². The predicted octanol–water partition coefficient (Wildman–Crippen LogP) is 23.7. The highest BCUT2D eigenvalue weighted by Crippen LogP contribution is 2.16. The largest absolute Gasteiger partial charge is 0.462 e. The molecule has 0 fully saturated rings. The van der Waals surface area contributed by atoms with Crippen LogP contribution in [0.1, 0.15) is 290 Å². The van der Waals surface area contributed by atoms with Crippen molar-refractivity contribution in [1.82, 2.24) is 0 Å². The summed E-state index contributed by atoms with van der Waals surface area (Å²) in [4.78, 5) is 38.2. The first-order chi connectivity index (χ1) is 41.0. The smallest absolute Gasteiger partial charge is 0.306 e. The van der Waals surface area contributed by atoms with Crippen molar-refractivity contribution in [2.45, 2.75) is 297 Å². The van der Waals surface area contributed by atoms with Crippen LogP contribution in [0.25, 0.3) is 0 Å². The first-order valence-electron chi connectivity index (χ1n) is 34.0. The highest BCUT2D eigenvalue weighted by molar-refractivity contribution is 5.71. The van der Waals surface area contributed by atoms with Crippen molar-refractivity contribution in [2.75, 3.05) is 13.2 Å². The molecule has 0 aliphatic heterocycles. The lowest BCUT2D eigenvalue weighted by Crippen LogP contribution is -2.30. The highest BCUT2D eigenvalue weighted by Gasteiger charge is 2.19. The SMILES string of the molecule is CC/C=C\C/C=C\C/C=C\C/C=C\C/C=C\C/C=C\CCC(=O)OC(COC(=O)CC/C=C\C/C=C\C/C=C\C/C=C\CC)COC(=O)CCCCCCCCCCCCCCCCCCCC/C=C\C/C=C\C/C=C\CCCCCCC. The van der Waals surface area contributed by atoms with E-state index in [4.69, 9.17) is 14.2 Å². The summed E-state index contributed by atoms with van der Waals surface area (Å²) in [7, 11) is 0. The maximum absolute atomic E-state index is 12.9. The van der Waals surface area contributed by atoms with Crippen molar-refractivity contribution >= 4 is 17.9 Å². The fourth-order valence-corrected chi connectivity index (χ4v) is 9.02. The summed E-state index contributed by atoms with van der Waals surface area (Å²) in [6.45, 7) is 6.28. The van der Waals surface area contributed by atoms with E-state index in [0.717, 1.165) is 96.3 Å². The van der Waals surface area contributed by atoms with E-state index in [1.807, 2.05) is 24.3 Å². The van der Waals surface area contributed by atoms with Crippen LogP contribution in [-0.2, 0) is 28.6 Å². The first-order valence-corrected chi connectivity index (χ1v) is 34.0. The molecule has 0 N–H and O–H groups in total. The van der Waals surface area contributed by atoms with Gasteiger partial charge in [0.05, 0.1) is 0 Å². The standard InChI is InChI=1S/C77H124O6/c1-4-7-10-13-16-19-22-25-27-29-31-32-33-34-35-36-37-38-39-40-41-42-43-44-46-47-49-52-55-58-61-64-67-70-76(79)82-73-74(72-81-75(78)69-66-63-60-57-54-51-24-21-18-15-12-9-6-3)83-77(80)71-68-65-62-59-56-53-50-48-45-30-28-26-23-20-17-14-11-8-5-2/h8-9,11-12,17-18,20-22,25-26,28-29,31,33-34,45,48,51,53-54,56,60,62-63,65,74H,4-7,10,13-16,19,23-24,27,30,32,35-44,46-47,49-50,52,55,57-59,61,64,66-73H2,1-3H3/b11-8-,12-9-,20-17-,21-18-,25-22-,28-26-,31-29-,34-33-,48-45-,54-51-,56-53-,63-60-,65-62-. The Bertz CT molecular complexity index is 1840. The molecule has 0 bridgehead atoms. The van der Waals surface area contributed by atoms with E-state index in [1.165, 1.54) is 141 Å². The fraction of sp³-hybridized carbons (Fsp3) is 0.623. The Kier molecular flexibility index (Phi) is 65.4. The van der Waals surface area contributed by atoms with Crippen molar-refractivity contribution in [2.24, 2.45) is 0 Å². The lowest BCUT2D eigenvalue weighted by Gasteiger charge is -2.18. The summed E-state index contributed by atoms with van der Waals surface area (Å²) < 4.78 is 16.8. The Balaban J connectivity index is 4.31. The van der Waals surface area contributed by atoms with Gasteiger partial charge in [0.1, 0.15) is 13.2 Å². The number of ether oxygens (including phenoxy) is 3. The van der Waals surface area contributed by atoms with Crippen LogP contribution in [0.3, 0.4) is 0 Å². The zero-order chi connectivity index (χ0) is 59.9. The molecule has 83 heavy (non-hydrogen) atoms. The summed E-state index contributed by atoms with van der Waals surface area (Å²) in [5, 5.41) is 0. The highest BCUT2D eigenvalue weighted by atomic mass is 16.6. The number of unbranched alkanes of at least 4 members (excludes halogenated alkanes) is 23. The summed E-state index contributed by atoms with van der Waals surface area (Å²) in [6, 6.07) is 0. The van der Waals surface area contributed by atoms with Crippen LogP contribution < -0.4 is 0 Å². The molecule has 0 radical (unpaired) electrons. The van der Waals surface area contributed by atoms with Gasteiger partial charge in [-0.3, -0.25) is 14.4 Å². The van der Waals surface area contributed by atoms with Crippen LogP contribution in [-0.4, -0.2) is 37.2 Å². The lowest BCUT2D eigenvalue weighted by molar-refractivity contribution is -0.166. The molecule has 0 spiro atoms. The molecule has 0 aromatic heterocycles. The Hall–Kier alpha value is -4.97. The second kappa shape index (κ2) is 69.5. The van der Waals surface area contributed by atoms with Crippen molar-refractivity contribution in [1.29, 1.82) is 0 Å². The monoisotopic (exact) mass is 1140 g/mol. The third-order valence-electron chi connectivity index (χ3n) is 14.0. The molecule has 0 aromatic carbocycles. The average Bonchev–Trinajstić information content (AvgIpc) is 3.49. The molecule has 0 aliphatic rings. The zero-order valence-electron chi connectivity index (χ0n) is 53.7. The third kappa shape index (κ3) is 67.7. The first kappa shape index (κ1) is 78.0. The number of hydrogen-bond donors (Lipinski definition) is 0. The van der Waals surface area contributed by atoms with Gasteiger partial charge < -0.3 is 14.2 Å². The average molecular weight is 1150 g/mol. The van der Waals surface area contributed by atoms with Gasteiger partial charge in [-0.25, -0.2) is 0 Å². The van der Waals surface area contributed by atoms with E-state index >= 15 is 0 Å². The topological polar surface area (TPSA) is 78.9 Å². The van der Waals surface area contributed by atoms with Crippen LogP contribution in [0.15, 0.2) is 158 Å². The summed E-state index contributed by atoms with van der Waals surface area (Å²) >= 11 is 0. The van der Waals surface area contributed by atoms with Crippen molar-refractivity contribution in [3.8, 4) is 0 Å². The van der Waals surface area contributed by atoms with E-state index in [2.05, 4.69) is 154 Å². The molecular weight excluding hydrogens is 1020 g/mol. The number of carbonyl (C=O) groups excluding carboxylic acids is 3. The quantitative estimate of drug-likeness (QED) is 0.0261. The molecule has 0 rings (SSSR count). The van der Waals surface area contributed by atoms with Gasteiger partial charge in [-0.1, -0.05) is 307 Å². The summed E-state index contributed by atoms with van der Waals surface area (Å²) in [5.41, 5.74) is 0. The molecular formula is C77H124O6. The predicted molar refractivity (Wildman–Crippen MR) is 362 cm³/mol. The van der Waals surface area contributed by atoms with Gasteiger partial charge in [-0.05, 0) is 122 Å². The van der Waals surface area contributed by atoms with Crippen LogP contribution >= 0.6 is 0 Å². The number of esters is 3. The minimum Gasteiger partial charge on any atom is -0.462 e. The van der Waals surface area contributed by atoms with Crippen molar-refractivity contribution in [3.63, 3.8) is 0 Å². The van der Waals surface area contributed by atoms with Gasteiger partial charge in [0, 0.05) is 19.3 Å². The van der Waals surface area contributed by atoms with E-state index in [1.54, 1.807) is 0 Å². The van der Waals surface area contributed by atoms with Crippen molar-refractivity contribution in [3.05, 3.63) is 158 Å². The number of rotatable bonds is 60. The molecule has 0 aromatic rings. The molecule has 0 saturated heterocycles. The Morgan fingerprint density at radius 1 is 0.253 bits per heavy atom. The molecule has 0 aliphatic carbocycles. The zero-order valence-corrected chi connectivity index (χ0v) is 53.7. The molecule has 0 heterocycles. The van der Waals surface area contributed by atoms with E-state index in [0.29, 0.717) is 19.3 Å². The number of carbonyl (C=O) groups is 3. The molecule has 6 heteroatoms. The van der Waals surface area contributed by atoms with Gasteiger partial charge in [0.15, 0.2) is 6.10 Å². The Morgan fingerprint density at radius 3 is 0.807 bits per heavy atom. The maximum atomic E-state index is 12.9. The maximum Gasteiger partial charge on any atom is 0.306 e. The van der Waals surface area contributed by atoms with Crippen LogP contribution in [0, 0.1) is 0 Å². The minimum absolute atomic E-state index is 0.135. The number of hydrogen-bond acceptors (Lipinski definition) is 6. The molecule has 0 amide bonds. The van der Waals surface area contributed by atoms with Gasteiger partial charge in [0.25, 0.3) is 0 Å². The van der Waals surface area contributed by atoms with Gasteiger partial charge in [-0.2, -0.15) is 0 Å². The molecule has 468 valence electrons. The number of allylic oxidation sites excluding steroid dienone is 26. The molecule has 0 saturated carbocycles. The minimum atomic E-state index is -0.855. The van der Waals surface area contributed by atoms with Crippen LogP contribution in [0.5, 0.6) is 0 Å². The second-order valence-corrected chi connectivity index (χ2v) is 22.0. The van der Waals surface area contributed by atoms with Crippen LogP contribution in [0.2, 0.25) is 0 Å². The van der Waals surface area contributed by atoms with E-state index < -0.39 is 12.1 Å². The Labute approximate surface area is 511 Å². The molecule has 6 nitrogen and oxygen atoms in total. The van der Waals surface area contributed by atoms with Crippen LogP contribution in [0.4, 0.5) is 0 Å².